The molecule has 0 fully saturated rings. The third-order valence-corrected chi connectivity index (χ3v) is 3.02. The Hall–Kier alpha value is -1.38. The van der Waals surface area contributed by atoms with Crippen molar-refractivity contribution >= 4 is 11.2 Å². The molecule has 3 heteroatoms. The van der Waals surface area contributed by atoms with Crippen molar-refractivity contribution in [2.45, 2.75) is 39.0 Å². The molecule has 0 aromatic carbocycles. The van der Waals surface area contributed by atoms with E-state index in [4.69, 9.17) is 4.42 Å². The Kier molecular flexibility index (Phi) is 1.97. The van der Waals surface area contributed by atoms with E-state index >= 15 is 0 Å². The Morgan fingerprint density at radius 2 is 2.00 bits per heavy atom. The lowest BCUT2D eigenvalue weighted by atomic mass is 10.1. The maximum atomic E-state index is 5.45. The predicted molar refractivity (Wildman–Crippen MR) is 57.8 cm³/mol. The molecule has 0 amide bonds. The van der Waals surface area contributed by atoms with Crippen LogP contribution in [0.2, 0.25) is 0 Å². The Morgan fingerprint density at radius 1 is 1.13 bits per heavy atom. The summed E-state index contributed by atoms with van der Waals surface area (Å²) in [6.45, 7) is 1.87. The molecular formula is C12H14N2O. The molecule has 0 saturated carbocycles. The molecule has 1 aliphatic carbocycles. The van der Waals surface area contributed by atoms with Crippen LogP contribution in [0.4, 0.5) is 0 Å². The fourth-order valence-corrected chi connectivity index (χ4v) is 2.27. The van der Waals surface area contributed by atoms with Crippen LogP contribution >= 0.6 is 0 Å². The first kappa shape index (κ1) is 8.89. The fourth-order valence-electron chi connectivity index (χ4n) is 2.27. The third-order valence-electron chi connectivity index (χ3n) is 3.02. The Bertz CT molecular complexity index is 459. The highest BCUT2D eigenvalue weighted by Crippen LogP contribution is 2.23. The number of nitrogens with zero attached hydrogens (tertiary/aromatic N) is 2. The van der Waals surface area contributed by atoms with Crippen molar-refractivity contribution in [1.82, 2.24) is 9.97 Å². The van der Waals surface area contributed by atoms with Gasteiger partial charge in [-0.1, -0.05) is 6.42 Å². The summed E-state index contributed by atoms with van der Waals surface area (Å²) in [7, 11) is 0. The van der Waals surface area contributed by atoms with Gasteiger partial charge in [0.05, 0.1) is 0 Å². The Labute approximate surface area is 88.5 Å². The molecule has 78 valence electrons. The largest absolute Gasteiger partial charge is 0.423 e. The maximum absolute atomic E-state index is 5.45. The van der Waals surface area contributed by atoms with Crippen LogP contribution in [0.15, 0.2) is 10.5 Å². The summed E-state index contributed by atoms with van der Waals surface area (Å²) in [5.74, 6) is 0.706. The molecule has 15 heavy (non-hydrogen) atoms. The summed E-state index contributed by atoms with van der Waals surface area (Å²) >= 11 is 0. The van der Waals surface area contributed by atoms with Gasteiger partial charge in [-0.25, -0.2) is 9.97 Å². The number of pyridine rings is 1. The number of fused-ring (bicyclic) bond motifs is 2. The zero-order valence-electron chi connectivity index (χ0n) is 8.92. The Balaban J connectivity index is 2.19. The molecular weight excluding hydrogens is 188 g/mol. The summed E-state index contributed by atoms with van der Waals surface area (Å²) < 4.78 is 5.45. The molecule has 0 aliphatic heterocycles. The van der Waals surface area contributed by atoms with Gasteiger partial charge in [0.1, 0.15) is 5.52 Å². The quantitative estimate of drug-likeness (QED) is 0.616. The molecule has 0 bridgehead atoms. The minimum atomic E-state index is 0.702. The third kappa shape index (κ3) is 1.52. The zero-order chi connectivity index (χ0) is 10.3. The van der Waals surface area contributed by atoms with Crippen LogP contribution in [0.3, 0.4) is 0 Å². The molecule has 0 saturated heterocycles. The van der Waals surface area contributed by atoms with Crippen molar-refractivity contribution in [2.24, 2.45) is 0 Å². The van der Waals surface area contributed by atoms with Gasteiger partial charge in [0.25, 0.3) is 0 Å². The van der Waals surface area contributed by atoms with Gasteiger partial charge in [0, 0.05) is 12.6 Å². The highest BCUT2D eigenvalue weighted by Gasteiger charge is 2.13. The molecule has 1 aliphatic rings. The van der Waals surface area contributed by atoms with Gasteiger partial charge < -0.3 is 4.42 Å². The van der Waals surface area contributed by atoms with Crippen LogP contribution in [0.5, 0.6) is 0 Å². The summed E-state index contributed by atoms with van der Waals surface area (Å²) in [5.41, 5.74) is 4.20. The maximum Gasteiger partial charge on any atom is 0.247 e. The zero-order valence-corrected chi connectivity index (χ0v) is 8.92. The molecule has 0 unspecified atom stereocenters. The first-order valence-corrected chi connectivity index (χ1v) is 5.59. The summed E-state index contributed by atoms with van der Waals surface area (Å²) in [4.78, 5) is 8.89. The molecule has 2 aromatic heterocycles. The number of hydrogen-bond donors (Lipinski definition) is 0. The first-order valence-electron chi connectivity index (χ1n) is 5.59. The SMILES string of the molecule is Cc1nc2cc3c(nc2o1)CCCCC3. The fraction of sp³-hybridized carbons (Fsp3) is 0.500. The van der Waals surface area contributed by atoms with Crippen molar-refractivity contribution in [3.8, 4) is 0 Å². The van der Waals surface area contributed by atoms with Crippen LogP contribution in [0.25, 0.3) is 11.2 Å². The smallest absolute Gasteiger partial charge is 0.247 e. The monoisotopic (exact) mass is 202 g/mol. The van der Waals surface area contributed by atoms with E-state index in [1.54, 1.807) is 0 Å². The standard InChI is InChI=1S/C12H14N2O/c1-8-13-11-7-9-5-3-2-4-6-10(9)14-12(11)15-8/h7H,2-6H2,1H3. The van der Waals surface area contributed by atoms with Crippen molar-refractivity contribution in [3.63, 3.8) is 0 Å². The van der Waals surface area contributed by atoms with Gasteiger partial charge in [-0.15, -0.1) is 0 Å². The van der Waals surface area contributed by atoms with E-state index < -0.39 is 0 Å². The van der Waals surface area contributed by atoms with Crippen LogP contribution in [0.1, 0.15) is 36.4 Å². The Morgan fingerprint density at radius 3 is 2.93 bits per heavy atom. The van der Waals surface area contributed by atoms with E-state index in [2.05, 4.69) is 16.0 Å². The second-order valence-corrected chi connectivity index (χ2v) is 4.21. The molecule has 2 aromatic rings. The predicted octanol–water partition coefficient (Wildman–Crippen LogP) is 2.80. The van der Waals surface area contributed by atoms with Crippen LogP contribution < -0.4 is 0 Å². The van der Waals surface area contributed by atoms with Gasteiger partial charge >= 0.3 is 0 Å². The molecule has 2 heterocycles. The minimum absolute atomic E-state index is 0.702. The number of oxazole rings is 1. The molecule has 3 rings (SSSR count). The summed E-state index contributed by atoms with van der Waals surface area (Å²) in [6.07, 6.45) is 6.06. The molecule has 0 atom stereocenters. The van der Waals surface area contributed by atoms with E-state index in [0.717, 1.165) is 18.4 Å². The number of aromatic nitrogens is 2. The lowest BCUT2D eigenvalue weighted by molar-refractivity contribution is 0.549. The molecule has 0 spiro atoms. The van der Waals surface area contributed by atoms with E-state index in [1.807, 2.05) is 6.92 Å². The second-order valence-electron chi connectivity index (χ2n) is 4.21. The summed E-state index contributed by atoms with van der Waals surface area (Å²) in [6, 6.07) is 2.15. The molecule has 0 N–H and O–H groups in total. The lowest BCUT2D eigenvalue weighted by Gasteiger charge is -2.02. The van der Waals surface area contributed by atoms with E-state index in [0.29, 0.717) is 11.6 Å². The normalized spacial score (nSPS) is 16.3. The molecule has 3 nitrogen and oxygen atoms in total. The van der Waals surface area contributed by atoms with Gasteiger partial charge in [-0.2, -0.15) is 0 Å². The van der Waals surface area contributed by atoms with E-state index in [1.165, 1.54) is 30.5 Å². The van der Waals surface area contributed by atoms with Crippen molar-refractivity contribution in [2.75, 3.05) is 0 Å². The van der Waals surface area contributed by atoms with Gasteiger partial charge in [0.2, 0.25) is 5.71 Å². The average Bonchev–Trinajstić information content (AvgIpc) is 2.44. The van der Waals surface area contributed by atoms with Crippen LogP contribution in [0, 0.1) is 6.92 Å². The highest BCUT2D eigenvalue weighted by molar-refractivity contribution is 5.69. The van der Waals surface area contributed by atoms with Gasteiger partial charge in [-0.05, 0) is 37.3 Å². The van der Waals surface area contributed by atoms with Gasteiger partial charge in [-0.3, -0.25) is 0 Å². The number of rotatable bonds is 0. The minimum Gasteiger partial charge on any atom is -0.423 e. The van der Waals surface area contributed by atoms with Crippen molar-refractivity contribution < 1.29 is 4.42 Å². The van der Waals surface area contributed by atoms with Crippen LogP contribution in [-0.2, 0) is 12.8 Å². The number of aryl methyl sites for hydroxylation is 3. The first-order chi connectivity index (χ1) is 7.33. The van der Waals surface area contributed by atoms with E-state index in [-0.39, 0.29) is 0 Å². The lowest BCUT2D eigenvalue weighted by Crippen LogP contribution is -1.94. The average molecular weight is 202 g/mol. The summed E-state index contributed by atoms with van der Waals surface area (Å²) in [5, 5.41) is 0. The molecule has 0 radical (unpaired) electrons. The van der Waals surface area contributed by atoms with Crippen molar-refractivity contribution in [1.29, 1.82) is 0 Å². The van der Waals surface area contributed by atoms with Crippen LogP contribution in [-0.4, -0.2) is 9.97 Å². The van der Waals surface area contributed by atoms with Crippen molar-refractivity contribution in [3.05, 3.63) is 23.2 Å². The topological polar surface area (TPSA) is 38.9 Å². The second kappa shape index (κ2) is 3.33. The van der Waals surface area contributed by atoms with E-state index in [9.17, 15) is 0 Å². The number of hydrogen-bond acceptors (Lipinski definition) is 3. The van der Waals surface area contributed by atoms with Gasteiger partial charge in [0.15, 0.2) is 5.89 Å². The highest BCUT2D eigenvalue weighted by atomic mass is 16.4.